The van der Waals surface area contributed by atoms with Gasteiger partial charge in [-0.05, 0) is 24.3 Å². The third-order valence-corrected chi connectivity index (χ3v) is 1.87. The molecule has 0 spiro atoms. The number of benzene rings is 1. The van der Waals surface area contributed by atoms with Crippen LogP contribution in [0, 0.1) is 0 Å². The van der Waals surface area contributed by atoms with Crippen LogP contribution in [0.25, 0.3) is 0 Å². The molecular weight excluding hydrogens is 234 g/mol. The fourth-order valence-electron chi connectivity index (χ4n) is 0.849. The number of hydrogen-bond donors (Lipinski definition) is 3. The summed E-state index contributed by atoms with van der Waals surface area (Å²) in [4.78, 5) is 32.4. The van der Waals surface area contributed by atoms with Crippen molar-refractivity contribution in [2.45, 2.75) is 0 Å². The van der Waals surface area contributed by atoms with Crippen LogP contribution in [-0.4, -0.2) is 17.7 Å². The molecule has 0 aromatic heterocycles. The Labute approximate surface area is 95.7 Å². The van der Waals surface area contributed by atoms with Crippen molar-refractivity contribution in [3.63, 3.8) is 0 Å². The van der Waals surface area contributed by atoms with Crippen LogP contribution < -0.4 is 16.6 Å². The monoisotopic (exact) mass is 241 g/mol. The molecule has 0 saturated carbocycles. The highest BCUT2D eigenvalue weighted by molar-refractivity contribution is 6.34. The predicted octanol–water partition coefficient (Wildman–Crippen LogP) is -0.414. The minimum absolute atomic E-state index is 0.286. The molecule has 0 unspecified atom stereocenters. The van der Waals surface area contributed by atoms with E-state index in [0.29, 0.717) is 5.02 Å². The average molecular weight is 242 g/mol. The second kappa shape index (κ2) is 5.13. The lowest BCUT2D eigenvalue weighted by Gasteiger charge is -2.04. The fourth-order valence-corrected chi connectivity index (χ4v) is 0.975. The van der Waals surface area contributed by atoms with E-state index in [-0.39, 0.29) is 5.56 Å². The van der Waals surface area contributed by atoms with Gasteiger partial charge in [-0.3, -0.25) is 25.2 Å². The van der Waals surface area contributed by atoms with Crippen molar-refractivity contribution in [1.82, 2.24) is 10.9 Å². The van der Waals surface area contributed by atoms with Crippen LogP contribution in [0.4, 0.5) is 0 Å². The number of carbonyl (C=O) groups is 3. The molecule has 0 saturated heterocycles. The van der Waals surface area contributed by atoms with Gasteiger partial charge >= 0.3 is 11.8 Å². The van der Waals surface area contributed by atoms with Crippen LogP contribution in [0.5, 0.6) is 0 Å². The van der Waals surface area contributed by atoms with E-state index in [0.717, 1.165) is 0 Å². The second-order valence-electron chi connectivity index (χ2n) is 2.78. The topological polar surface area (TPSA) is 101 Å². The first kappa shape index (κ1) is 12.0. The number of hydrogen-bond acceptors (Lipinski definition) is 3. The summed E-state index contributed by atoms with van der Waals surface area (Å²) in [7, 11) is 0. The maximum atomic E-state index is 11.4. The van der Waals surface area contributed by atoms with Gasteiger partial charge in [0.05, 0.1) is 0 Å². The molecule has 0 heterocycles. The number of carbonyl (C=O) groups excluding carboxylic acids is 3. The summed E-state index contributed by atoms with van der Waals surface area (Å²) in [6.45, 7) is 0. The molecule has 0 aliphatic carbocycles. The average Bonchev–Trinajstić information content (AvgIpc) is 2.26. The number of hydrazine groups is 1. The number of nitrogens with one attached hydrogen (secondary N) is 2. The fraction of sp³-hybridized carbons (Fsp3) is 0. The van der Waals surface area contributed by atoms with Crippen molar-refractivity contribution >= 4 is 29.3 Å². The molecule has 84 valence electrons. The molecule has 1 rings (SSSR count). The molecule has 0 aliphatic rings. The molecule has 0 aliphatic heterocycles. The van der Waals surface area contributed by atoms with E-state index in [1.54, 1.807) is 0 Å². The highest BCUT2D eigenvalue weighted by Gasteiger charge is 2.10. The van der Waals surface area contributed by atoms with Crippen LogP contribution in [0.15, 0.2) is 24.3 Å². The van der Waals surface area contributed by atoms with Crippen molar-refractivity contribution in [2.75, 3.05) is 0 Å². The summed E-state index contributed by atoms with van der Waals surface area (Å²) in [6.07, 6.45) is 0. The molecule has 6 nitrogen and oxygen atoms in total. The maximum absolute atomic E-state index is 11.4. The highest BCUT2D eigenvalue weighted by atomic mass is 35.5. The van der Waals surface area contributed by atoms with Gasteiger partial charge in [0.25, 0.3) is 5.91 Å². The van der Waals surface area contributed by atoms with E-state index in [9.17, 15) is 14.4 Å². The van der Waals surface area contributed by atoms with E-state index >= 15 is 0 Å². The van der Waals surface area contributed by atoms with Gasteiger partial charge in [-0.15, -0.1) is 0 Å². The Kier molecular flexibility index (Phi) is 3.84. The van der Waals surface area contributed by atoms with E-state index in [1.165, 1.54) is 24.3 Å². The Balaban J connectivity index is 2.56. The predicted molar refractivity (Wildman–Crippen MR) is 56.3 cm³/mol. The number of amides is 3. The summed E-state index contributed by atoms with van der Waals surface area (Å²) in [5.74, 6) is -2.86. The van der Waals surface area contributed by atoms with E-state index < -0.39 is 17.7 Å². The lowest BCUT2D eigenvalue weighted by atomic mass is 10.2. The van der Waals surface area contributed by atoms with Crippen molar-refractivity contribution in [2.24, 2.45) is 5.73 Å². The molecule has 0 atom stereocenters. The lowest BCUT2D eigenvalue weighted by Crippen LogP contribution is -2.47. The van der Waals surface area contributed by atoms with Crippen molar-refractivity contribution < 1.29 is 14.4 Å². The molecule has 16 heavy (non-hydrogen) atoms. The summed E-state index contributed by atoms with van der Waals surface area (Å²) >= 11 is 5.62. The number of halogens is 1. The number of rotatable bonds is 1. The molecule has 0 bridgehead atoms. The third-order valence-electron chi connectivity index (χ3n) is 1.62. The van der Waals surface area contributed by atoms with Crippen LogP contribution in [0.1, 0.15) is 10.4 Å². The first-order chi connectivity index (χ1) is 7.50. The zero-order valence-electron chi connectivity index (χ0n) is 7.99. The van der Waals surface area contributed by atoms with Gasteiger partial charge in [-0.1, -0.05) is 11.6 Å². The van der Waals surface area contributed by atoms with Crippen molar-refractivity contribution in [3.05, 3.63) is 34.9 Å². The van der Waals surface area contributed by atoms with Crippen molar-refractivity contribution in [3.8, 4) is 0 Å². The number of nitrogens with two attached hydrogens (primary N) is 1. The lowest BCUT2D eigenvalue weighted by molar-refractivity contribution is -0.137. The largest absolute Gasteiger partial charge is 0.361 e. The number of primary amides is 1. The first-order valence-corrected chi connectivity index (χ1v) is 4.54. The summed E-state index contributed by atoms with van der Waals surface area (Å²) in [6, 6.07) is 5.97. The Morgan fingerprint density at radius 2 is 1.62 bits per heavy atom. The van der Waals surface area contributed by atoms with Gasteiger partial charge in [0, 0.05) is 10.6 Å². The highest BCUT2D eigenvalue weighted by Crippen LogP contribution is 2.08. The van der Waals surface area contributed by atoms with Crippen molar-refractivity contribution in [1.29, 1.82) is 0 Å². The maximum Gasteiger partial charge on any atom is 0.327 e. The van der Waals surface area contributed by atoms with Gasteiger partial charge in [0.1, 0.15) is 0 Å². The van der Waals surface area contributed by atoms with Crippen LogP contribution in [-0.2, 0) is 9.59 Å². The third kappa shape index (κ3) is 3.25. The summed E-state index contributed by atoms with van der Waals surface area (Å²) in [5, 5.41) is 0.484. The molecule has 1 aromatic rings. The molecule has 1 aromatic carbocycles. The van der Waals surface area contributed by atoms with Crippen LogP contribution in [0.2, 0.25) is 5.02 Å². The Hall–Kier alpha value is -2.08. The van der Waals surface area contributed by atoms with Crippen LogP contribution in [0.3, 0.4) is 0 Å². The Morgan fingerprint density at radius 3 is 2.12 bits per heavy atom. The zero-order valence-corrected chi connectivity index (χ0v) is 8.75. The van der Waals surface area contributed by atoms with Gasteiger partial charge in [-0.25, -0.2) is 0 Å². The van der Waals surface area contributed by atoms with Crippen LogP contribution >= 0.6 is 11.6 Å². The minimum atomic E-state index is -1.18. The van der Waals surface area contributed by atoms with E-state index in [1.807, 2.05) is 10.9 Å². The molecule has 7 heteroatoms. The quantitative estimate of drug-likeness (QED) is 0.460. The molecule has 0 radical (unpaired) electrons. The smallest absolute Gasteiger partial charge is 0.327 e. The molecule has 0 fully saturated rings. The standard InChI is InChI=1S/C9H8ClN3O3/c10-6-3-1-5(2-4-6)8(15)12-13-9(16)7(11)14/h1-4H,(H2,11,14)(H,12,15)(H,13,16). The van der Waals surface area contributed by atoms with E-state index in [2.05, 4.69) is 5.73 Å². The molecular formula is C9H8ClN3O3. The minimum Gasteiger partial charge on any atom is -0.361 e. The summed E-state index contributed by atoms with van der Waals surface area (Å²) < 4.78 is 0. The Morgan fingerprint density at radius 1 is 1.06 bits per heavy atom. The van der Waals surface area contributed by atoms with Gasteiger partial charge in [-0.2, -0.15) is 0 Å². The SMILES string of the molecule is NC(=O)C(=O)NNC(=O)c1ccc(Cl)cc1. The Bertz CT molecular complexity index is 430. The first-order valence-electron chi connectivity index (χ1n) is 4.16. The normalized spacial score (nSPS) is 9.31. The van der Waals surface area contributed by atoms with E-state index in [4.69, 9.17) is 11.6 Å². The zero-order chi connectivity index (χ0) is 12.1. The van der Waals surface area contributed by atoms with Gasteiger partial charge < -0.3 is 5.73 Å². The summed E-state index contributed by atoms with van der Waals surface area (Å²) in [5.41, 5.74) is 8.81. The van der Waals surface area contributed by atoms with Gasteiger partial charge in [0.2, 0.25) is 0 Å². The molecule has 3 amide bonds. The van der Waals surface area contributed by atoms with Gasteiger partial charge in [0.15, 0.2) is 0 Å². The molecule has 4 N–H and O–H groups in total. The second-order valence-corrected chi connectivity index (χ2v) is 3.22.